The topological polar surface area (TPSA) is 62.2 Å². The summed E-state index contributed by atoms with van der Waals surface area (Å²) in [5.41, 5.74) is 0.539. The third kappa shape index (κ3) is 2.30. The Morgan fingerprint density at radius 1 is 1.56 bits per heavy atom. The van der Waals surface area contributed by atoms with Crippen LogP contribution in [0.4, 0.5) is 0 Å². The number of hydrogen-bond donors (Lipinski definition) is 0. The summed E-state index contributed by atoms with van der Waals surface area (Å²) in [6.45, 7) is 2.50. The van der Waals surface area contributed by atoms with Gasteiger partial charge >= 0.3 is 29.6 Å². The van der Waals surface area contributed by atoms with E-state index in [1.54, 1.807) is 18.3 Å². The van der Waals surface area contributed by atoms with Crippen LogP contribution in [0.1, 0.15) is 17.7 Å². The van der Waals surface area contributed by atoms with Crippen molar-refractivity contribution in [2.75, 3.05) is 13.2 Å². The van der Waals surface area contributed by atoms with Crippen LogP contribution in [0.15, 0.2) is 18.3 Å². The Morgan fingerprint density at radius 2 is 2.31 bits per heavy atom. The fourth-order valence-electron chi connectivity index (χ4n) is 1.82. The molecule has 1 unspecified atom stereocenters. The maximum Gasteiger partial charge on any atom is 1.00 e. The van der Waals surface area contributed by atoms with E-state index in [2.05, 4.69) is 4.98 Å². The van der Waals surface area contributed by atoms with Gasteiger partial charge in [0.05, 0.1) is 18.0 Å². The number of aryl methyl sites for hydroxylation is 1. The summed E-state index contributed by atoms with van der Waals surface area (Å²) in [7, 11) is 0. The molecule has 1 aliphatic rings. The van der Waals surface area contributed by atoms with Crippen molar-refractivity contribution in [2.24, 2.45) is 0 Å². The van der Waals surface area contributed by atoms with Gasteiger partial charge in [-0.2, -0.15) is 0 Å². The summed E-state index contributed by atoms with van der Waals surface area (Å²) in [6, 6.07) is 3.59. The zero-order valence-electron chi connectivity index (χ0n) is 9.53. The van der Waals surface area contributed by atoms with Crippen molar-refractivity contribution in [2.45, 2.75) is 18.8 Å². The summed E-state index contributed by atoms with van der Waals surface area (Å²) < 4.78 is 5.16. The second-order valence-corrected chi connectivity index (χ2v) is 3.86. The van der Waals surface area contributed by atoms with Crippen LogP contribution in [0.25, 0.3) is 0 Å². The summed E-state index contributed by atoms with van der Waals surface area (Å²) in [6.07, 6.45) is 2.06. The number of ether oxygens (including phenoxy) is 1. The molecule has 1 aliphatic heterocycles. The van der Waals surface area contributed by atoms with E-state index in [0.717, 1.165) is 5.69 Å². The monoisotopic (exact) mass is 229 g/mol. The zero-order chi connectivity index (χ0) is 10.9. The molecule has 2 heterocycles. The molecule has 2 rings (SSSR count). The van der Waals surface area contributed by atoms with Crippen LogP contribution in [0, 0.1) is 6.92 Å². The van der Waals surface area contributed by atoms with Gasteiger partial charge in [0.25, 0.3) is 0 Å². The first kappa shape index (κ1) is 13.6. The molecule has 5 heteroatoms. The molecule has 0 amide bonds. The molecule has 1 saturated heterocycles. The van der Waals surface area contributed by atoms with E-state index in [4.69, 9.17) is 4.74 Å². The first-order valence-electron chi connectivity index (χ1n) is 4.87. The number of carboxylic acids is 1. The average molecular weight is 229 g/mol. The molecule has 16 heavy (non-hydrogen) atoms. The van der Waals surface area contributed by atoms with Gasteiger partial charge in [-0.1, -0.05) is 6.07 Å². The van der Waals surface area contributed by atoms with Gasteiger partial charge < -0.3 is 14.6 Å². The molecule has 1 atom stereocenters. The molecule has 0 aromatic carbocycles. The normalized spacial score (nSPS) is 23.8. The SMILES string of the molecule is Cc1ccc(C2(C(=O)[O-])CCOC2)cn1.[Na+]. The molecule has 0 radical (unpaired) electrons. The van der Waals surface area contributed by atoms with Crippen molar-refractivity contribution in [3.8, 4) is 0 Å². The number of pyridine rings is 1. The van der Waals surface area contributed by atoms with Gasteiger partial charge in [-0.3, -0.25) is 4.98 Å². The van der Waals surface area contributed by atoms with Crippen molar-refractivity contribution >= 4 is 5.97 Å². The minimum atomic E-state index is -1.08. The maximum absolute atomic E-state index is 11.2. The number of hydrogen-bond acceptors (Lipinski definition) is 4. The van der Waals surface area contributed by atoms with Crippen LogP contribution < -0.4 is 34.7 Å². The van der Waals surface area contributed by atoms with Crippen molar-refractivity contribution < 1.29 is 44.2 Å². The van der Waals surface area contributed by atoms with Crippen LogP contribution in [0.3, 0.4) is 0 Å². The van der Waals surface area contributed by atoms with E-state index < -0.39 is 11.4 Å². The first-order chi connectivity index (χ1) is 7.15. The predicted molar refractivity (Wildman–Crippen MR) is 51.1 cm³/mol. The molecule has 1 aromatic heterocycles. The number of carbonyl (C=O) groups is 1. The average Bonchev–Trinajstić information content (AvgIpc) is 2.69. The Labute approximate surface area is 116 Å². The molecular formula is C11H12NNaO3. The molecule has 80 valence electrons. The Morgan fingerprint density at radius 3 is 2.75 bits per heavy atom. The quantitative estimate of drug-likeness (QED) is 0.501. The number of aliphatic carboxylic acids is 1. The van der Waals surface area contributed by atoms with Crippen LogP contribution in [-0.2, 0) is 14.9 Å². The fourth-order valence-corrected chi connectivity index (χ4v) is 1.82. The molecule has 0 spiro atoms. The number of aromatic nitrogens is 1. The van der Waals surface area contributed by atoms with Gasteiger partial charge in [0.15, 0.2) is 0 Å². The third-order valence-corrected chi connectivity index (χ3v) is 2.88. The van der Waals surface area contributed by atoms with Gasteiger partial charge in [-0.05, 0) is 25.0 Å². The number of rotatable bonds is 2. The van der Waals surface area contributed by atoms with Gasteiger partial charge in [0.1, 0.15) is 0 Å². The number of carbonyl (C=O) groups excluding carboxylic acids is 1. The standard InChI is InChI=1S/C11H13NO3.Na/c1-8-2-3-9(6-12-8)11(10(13)14)4-5-15-7-11;/h2-3,6H,4-5,7H2,1H3,(H,13,14);/q;+1/p-1. The molecule has 0 saturated carbocycles. The molecular weight excluding hydrogens is 217 g/mol. The molecule has 0 N–H and O–H groups in total. The summed E-state index contributed by atoms with van der Waals surface area (Å²) in [5.74, 6) is -1.08. The molecule has 4 nitrogen and oxygen atoms in total. The maximum atomic E-state index is 11.2. The second kappa shape index (κ2) is 5.27. The predicted octanol–water partition coefficient (Wildman–Crippen LogP) is -3.20. The van der Waals surface area contributed by atoms with E-state index in [0.29, 0.717) is 18.6 Å². The van der Waals surface area contributed by atoms with Crippen molar-refractivity contribution in [3.63, 3.8) is 0 Å². The largest absolute Gasteiger partial charge is 1.00 e. The molecule has 0 aliphatic carbocycles. The van der Waals surface area contributed by atoms with E-state index in [1.807, 2.05) is 6.92 Å². The van der Waals surface area contributed by atoms with E-state index >= 15 is 0 Å². The molecule has 1 aromatic rings. The van der Waals surface area contributed by atoms with E-state index in [-0.39, 0.29) is 36.2 Å². The van der Waals surface area contributed by atoms with Gasteiger partial charge in [-0.25, -0.2) is 0 Å². The van der Waals surface area contributed by atoms with E-state index in [9.17, 15) is 9.90 Å². The van der Waals surface area contributed by atoms with Crippen LogP contribution in [-0.4, -0.2) is 24.2 Å². The smallest absolute Gasteiger partial charge is 0.549 e. The molecule has 0 bridgehead atoms. The Bertz CT molecular complexity index is 371. The molecule has 1 fully saturated rings. The summed E-state index contributed by atoms with van der Waals surface area (Å²) in [5, 5.41) is 11.2. The van der Waals surface area contributed by atoms with E-state index in [1.165, 1.54) is 0 Å². The summed E-state index contributed by atoms with van der Waals surface area (Å²) in [4.78, 5) is 15.3. The Hall–Kier alpha value is -0.420. The van der Waals surface area contributed by atoms with Crippen molar-refractivity contribution in [3.05, 3.63) is 29.6 Å². The Kier molecular flexibility index (Phi) is 4.50. The van der Waals surface area contributed by atoms with Crippen molar-refractivity contribution in [1.82, 2.24) is 4.98 Å². The minimum Gasteiger partial charge on any atom is -0.549 e. The second-order valence-electron chi connectivity index (χ2n) is 3.86. The number of carboxylic acid groups (broad SMARTS) is 1. The number of nitrogens with zero attached hydrogens (tertiary/aromatic N) is 1. The van der Waals surface area contributed by atoms with Crippen LogP contribution in [0.2, 0.25) is 0 Å². The van der Waals surface area contributed by atoms with Crippen LogP contribution in [0.5, 0.6) is 0 Å². The van der Waals surface area contributed by atoms with Crippen molar-refractivity contribution in [1.29, 1.82) is 0 Å². The van der Waals surface area contributed by atoms with Gasteiger partial charge in [0, 0.05) is 18.5 Å². The Balaban J connectivity index is 0.00000128. The zero-order valence-corrected chi connectivity index (χ0v) is 11.5. The fraction of sp³-hybridized carbons (Fsp3) is 0.455. The van der Waals surface area contributed by atoms with Gasteiger partial charge in [-0.15, -0.1) is 0 Å². The summed E-state index contributed by atoms with van der Waals surface area (Å²) >= 11 is 0. The third-order valence-electron chi connectivity index (χ3n) is 2.88. The van der Waals surface area contributed by atoms with Gasteiger partial charge in [0.2, 0.25) is 0 Å². The van der Waals surface area contributed by atoms with Crippen LogP contribution >= 0.6 is 0 Å². The minimum absolute atomic E-state index is 0. The first-order valence-corrected chi connectivity index (χ1v) is 4.87.